The summed E-state index contributed by atoms with van der Waals surface area (Å²) < 4.78 is 30.2. The third-order valence-corrected chi connectivity index (χ3v) is 4.63. The second kappa shape index (κ2) is 6.02. The van der Waals surface area contributed by atoms with Gasteiger partial charge in [0.1, 0.15) is 23.1 Å². The van der Waals surface area contributed by atoms with Crippen molar-refractivity contribution in [3.63, 3.8) is 0 Å². The van der Waals surface area contributed by atoms with E-state index in [2.05, 4.69) is 0 Å². The number of carbonyl (C=O) groups excluding carboxylic acids is 1. The molecule has 134 valence electrons. The quantitative estimate of drug-likeness (QED) is 0.632. The highest BCUT2D eigenvalue weighted by atomic mass is 19.1. The zero-order valence-corrected chi connectivity index (χ0v) is 14.1. The van der Waals surface area contributed by atoms with E-state index in [1.165, 1.54) is 18.4 Å². The molecule has 2 aliphatic rings. The van der Waals surface area contributed by atoms with Crippen molar-refractivity contribution in [1.82, 2.24) is 0 Å². The monoisotopic (exact) mass is 363 g/mol. The van der Waals surface area contributed by atoms with Gasteiger partial charge in [-0.3, -0.25) is 4.79 Å². The van der Waals surface area contributed by atoms with Crippen molar-refractivity contribution in [2.75, 3.05) is 11.6 Å². The molecule has 2 aliphatic heterocycles. The summed E-state index contributed by atoms with van der Waals surface area (Å²) in [5.41, 5.74) is 2.12. The molecule has 0 atom stereocenters. The smallest absolute Gasteiger partial charge is 0.232 e. The Bertz CT molecular complexity index is 1050. The Morgan fingerprint density at radius 1 is 1.07 bits per heavy atom. The highest BCUT2D eigenvalue weighted by Crippen LogP contribution is 2.42. The van der Waals surface area contributed by atoms with E-state index >= 15 is 0 Å². The van der Waals surface area contributed by atoms with E-state index in [-0.39, 0.29) is 17.4 Å². The van der Waals surface area contributed by atoms with Crippen molar-refractivity contribution in [2.24, 2.45) is 0 Å². The van der Waals surface area contributed by atoms with Gasteiger partial charge in [-0.25, -0.2) is 4.39 Å². The number of fused-ring (bicyclic) bond motifs is 3. The molecule has 0 unspecified atom stereocenters. The molecule has 0 aliphatic carbocycles. The van der Waals surface area contributed by atoms with Gasteiger partial charge in [-0.1, -0.05) is 0 Å². The lowest BCUT2D eigenvalue weighted by atomic mass is 10.0. The van der Waals surface area contributed by atoms with E-state index in [4.69, 9.17) is 13.9 Å². The summed E-state index contributed by atoms with van der Waals surface area (Å²) in [6.07, 6.45) is 3.12. The molecule has 6 heteroatoms. The second-order valence-electron chi connectivity index (χ2n) is 6.32. The topological polar surface area (TPSA) is 51.9 Å². The van der Waals surface area contributed by atoms with Gasteiger partial charge in [0.05, 0.1) is 23.9 Å². The van der Waals surface area contributed by atoms with Gasteiger partial charge in [0.15, 0.2) is 12.5 Å². The van der Waals surface area contributed by atoms with Crippen LogP contribution >= 0.6 is 0 Å². The molecule has 1 aromatic heterocycles. The minimum atomic E-state index is -0.292. The van der Waals surface area contributed by atoms with Gasteiger partial charge in [0, 0.05) is 11.8 Å². The Labute approximate surface area is 154 Å². The van der Waals surface area contributed by atoms with Crippen LogP contribution in [-0.4, -0.2) is 12.5 Å². The van der Waals surface area contributed by atoms with Crippen LogP contribution in [0.25, 0.3) is 6.08 Å². The van der Waals surface area contributed by atoms with Crippen molar-refractivity contribution < 1.29 is 23.1 Å². The molecule has 3 aromatic rings. The molecule has 5 rings (SSSR count). The number of nitrogens with zero attached hydrogens (tertiary/aromatic N) is 1. The summed E-state index contributed by atoms with van der Waals surface area (Å²) in [6.45, 7) is 0.825. The van der Waals surface area contributed by atoms with E-state index in [1.54, 1.807) is 42.5 Å². The Hall–Kier alpha value is -3.54. The number of carbonyl (C=O) groups is 1. The Kier molecular flexibility index (Phi) is 3.50. The van der Waals surface area contributed by atoms with Crippen molar-refractivity contribution in [2.45, 2.75) is 6.54 Å². The molecule has 5 nitrogen and oxygen atoms in total. The van der Waals surface area contributed by atoms with E-state index in [9.17, 15) is 9.18 Å². The first-order valence-corrected chi connectivity index (χ1v) is 8.46. The SMILES string of the molecule is O=C1/C(=C/c2ccco2)Oc2c1ccc1c2CN(c2ccc(F)cc2)CO1. The minimum absolute atomic E-state index is 0.192. The summed E-state index contributed by atoms with van der Waals surface area (Å²) in [6, 6.07) is 13.2. The van der Waals surface area contributed by atoms with Gasteiger partial charge in [-0.2, -0.15) is 0 Å². The maximum Gasteiger partial charge on any atom is 0.232 e. The number of ether oxygens (including phenoxy) is 2. The van der Waals surface area contributed by atoms with Crippen LogP contribution in [0.15, 0.2) is 65.0 Å². The fourth-order valence-electron chi connectivity index (χ4n) is 3.28. The average Bonchev–Trinajstić information content (AvgIpc) is 3.31. The lowest BCUT2D eigenvalue weighted by Gasteiger charge is -2.31. The Morgan fingerprint density at radius 3 is 2.70 bits per heavy atom. The van der Waals surface area contributed by atoms with Crippen LogP contribution in [0.2, 0.25) is 0 Å². The first-order chi connectivity index (χ1) is 13.2. The molecular weight excluding hydrogens is 349 g/mol. The largest absolute Gasteiger partial charge is 0.473 e. The predicted octanol–water partition coefficient (Wildman–Crippen LogP) is 4.39. The van der Waals surface area contributed by atoms with Gasteiger partial charge in [0.25, 0.3) is 0 Å². The number of halogens is 1. The molecule has 0 saturated heterocycles. The average molecular weight is 363 g/mol. The molecule has 0 N–H and O–H groups in total. The molecule has 0 spiro atoms. The van der Waals surface area contributed by atoms with Gasteiger partial charge < -0.3 is 18.8 Å². The third kappa shape index (κ3) is 2.66. The number of hydrogen-bond acceptors (Lipinski definition) is 5. The van der Waals surface area contributed by atoms with E-state index < -0.39 is 0 Å². The van der Waals surface area contributed by atoms with Crippen LogP contribution in [0.4, 0.5) is 10.1 Å². The zero-order valence-electron chi connectivity index (χ0n) is 14.1. The summed E-state index contributed by atoms with van der Waals surface area (Å²) in [7, 11) is 0. The number of hydrogen-bond donors (Lipinski definition) is 0. The molecule has 2 aromatic carbocycles. The van der Waals surface area contributed by atoms with Crippen LogP contribution in [0.3, 0.4) is 0 Å². The Balaban J connectivity index is 1.50. The molecule has 0 amide bonds. The molecular formula is C21H14FNO4. The number of rotatable bonds is 2. The van der Waals surface area contributed by atoms with Crippen molar-refractivity contribution in [3.05, 3.63) is 83.3 Å². The highest BCUT2D eigenvalue weighted by molar-refractivity contribution is 6.14. The minimum Gasteiger partial charge on any atom is -0.473 e. The highest BCUT2D eigenvalue weighted by Gasteiger charge is 2.33. The fraction of sp³-hybridized carbons (Fsp3) is 0.0952. The summed E-state index contributed by atoms with van der Waals surface area (Å²) in [4.78, 5) is 14.6. The maximum absolute atomic E-state index is 13.2. The lowest BCUT2D eigenvalue weighted by molar-refractivity contribution is 0.101. The molecule has 0 radical (unpaired) electrons. The first kappa shape index (κ1) is 15.7. The molecule has 0 bridgehead atoms. The molecule has 3 heterocycles. The van der Waals surface area contributed by atoms with Crippen LogP contribution in [0.1, 0.15) is 21.7 Å². The predicted molar refractivity (Wildman–Crippen MR) is 96.2 cm³/mol. The number of benzene rings is 2. The Morgan fingerprint density at radius 2 is 1.93 bits per heavy atom. The molecule has 0 fully saturated rings. The fourth-order valence-corrected chi connectivity index (χ4v) is 3.28. The molecule has 0 saturated carbocycles. The number of anilines is 1. The number of furan rings is 1. The standard InChI is InChI=1S/C21H14FNO4/c22-13-3-5-14(6-4-13)23-11-17-18(26-12-23)8-7-16-20(24)19(27-21(16)17)10-15-2-1-9-25-15/h1-10H,11-12H2/b19-10-. The zero-order chi connectivity index (χ0) is 18.4. The van der Waals surface area contributed by atoms with Gasteiger partial charge in [-0.15, -0.1) is 0 Å². The van der Waals surface area contributed by atoms with E-state index in [0.29, 0.717) is 36.1 Å². The molecule has 27 heavy (non-hydrogen) atoms. The lowest BCUT2D eigenvalue weighted by Crippen LogP contribution is -2.32. The van der Waals surface area contributed by atoms with Crippen molar-refractivity contribution in [3.8, 4) is 11.5 Å². The number of allylic oxidation sites excluding steroid dienone is 1. The van der Waals surface area contributed by atoms with Crippen LogP contribution in [0.5, 0.6) is 11.5 Å². The van der Waals surface area contributed by atoms with Crippen LogP contribution < -0.4 is 14.4 Å². The van der Waals surface area contributed by atoms with E-state index in [1.807, 2.05) is 4.90 Å². The van der Waals surface area contributed by atoms with Crippen LogP contribution in [0, 0.1) is 5.82 Å². The van der Waals surface area contributed by atoms with Gasteiger partial charge in [0.2, 0.25) is 5.78 Å². The number of Topliss-reactive ketones (excluding diaryl/α,β-unsaturated/α-hetero) is 1. The van der Waals surface area contributed by atoms with Crippen LogP contribution in [-0.2, 0) is 6.54 Å². The third-order valence-electron chi connectivity index (χ3n) is 4.63. The van der Waals surface area contributed by atoms with Gasteiger partial charge >= 0.3 is 0 Å². The normalized spacial score (nSPS) is 16.7. The van der Waals surface area contributed by atoms with Crippen molar-refractivity contribution in [1.29, 1.82) is 0 Å². The van der Waals surface area contributed by atoms with E-state index in [0.717, 1.165) is 11.3 Å². The maximum atomic E-state index is 13.2. The first-order valence-electron chi connectivity index (χ1n) is 8.46. The van der Waals surface area contributed by atoms with Gasteiger partial charge in [-0.05, 0) is 48.5 Å². The summed E-state index contributed by atoms with van der Waals surface area (Å²) in [5.74, 6) is 1.46. The number of ketones is 1. The van der Waals surface area contributed by atoms with Crippen molar-refractivity contribution >= 4 is 17.5 Å². The summed E-state index contributed by atoms with van der Waals surface area (Å²) >= 11 is 0. The summed E-state index contributed by atoms with van der Waals surface area (Å²) in [5, 5.41) is 0. The second-order valence-corrected chi connectivity index (χ2v) is 6.32.